The normalized spacial score (nSPS) is 17.9. The van der Waals surface area contributed by atoms with Crippen molar-refractivity contribution >= 4 is 33.2 Å². The van der Waals surface area contributed by atoms with E-state index in [2.05, 4.69) is 5.32 Å². The molecule has 0 aliphatic carbocycles. The van der Waals surface area contributed by atoms with Crippen molar-refractivity contribution < 1.29 is 17.9 Å². The number of benzene rings is 2. The number of anilines is 1. The zero-order valence-electron chi connectivity index (χ0n) is 16.0. The maximum atomic E-state index is 12.8. The second kappa shape index (κ2) is 8.01. The first kappa shape index (κ1) is 20.5. The van der Waals surface area contributed by atoms with E-state index in [4.69, 9.17) is 16.3 Å². The summed E-state index contributed by atoms with van der Waals surface area (Å²) in [5, 5.41) is 3.35. The molecule has 0 saturated carbocycles. The van der Waals surface area contributed by atoms with Gasteiger partial charge in [-0.15, -0.1) is 0 Å². The van der Waals surface area contributed by atoms with E-state index in [1.165, 1.54) is 10.4 Å². The highest BCUT2D eigenvalue weighted by Crippen LogP contribution is 2.36. The van der Waals surface area contributed by atoms with Crippen molar-refractivity contribution in [1.82, 2.24) is 5.32 Å². The summed E-state index contributed by atoms with van der Waals surface area (Å²) < 4.78 is 31.5. The van der Waals surface area contributed by atoms with Gasteiger partial charge < -0.3 is 10.1 Å². The lowest BCUT2D eigenvalue weighted by Gasteiger charge is -2.21. The van der Waals surface area contributed by atoms with Crippen LogP contribution in [0.5, 0.6) is 5.75 Å². The third kappa shape index (κ3) is 4.59. The average Bonchev–Trinajstić information content (AvgIpc) is 2.81. The summed E-state index contributed by atoms with van der Waals surface area (Å²) in [6.45, 7) is 4.03. The van der Waals surface area contributed by atoms with Crippen LogP contribution in [-0.4, -0.2) is 33.2 Å². The number of halogens is 1. The number of nitrogens with one attached hydrogen (secondary N) is 1. The first-order chi connectivity index (χ1) is 13.1. The van der Waals surface area contributed by atoms with E-state index >= 15 is 0 Å². The molecule has 1 heterocycles. The molecular weight excluding hydrogens is 400 g/mol. The number of sulfonamides is 1. The van der Waals surface area contributed by atoms with Gasteiger partial charge in [0.2, 0.25) is 10.0 Å². The Hall–Kier alpha value is -2.25. The van der Waals surface area contributed by atoms with Gasteiger partial charge in [0.15, 0.2) is 6.10 Å². The average molecular weight is 423 g/mol. The molecule has 8 heteroatoms. The molecule has 0 aromatic heterocycles. The topological polar surface area (TPSA) is 75.7 Å². The van der Waals surface area contributed by atoms with Crippen LogP contribution in [0.15, 0.2) is 42.5 Å². The molecule has 1 aliphatic rings. The maximum absolute atomic E-state index is 12.8. The first-order valence-corrected chi connectivity index (χ1v) is 11.2. The van der Waals surface area contributed by atoms with E-state index in [1.54, 1.807) is 12.1 Å². The third-order valence-corrected chi connectivity index (χ3v) is 6.10. The van der Waals surface area contributed by atoms with Gasteiger partial charge in [-0.3, -0.25) is 9.10 Å². The second-order valence-corrected chi connectivity index (χ2v) is 9.33. The summed E-state index contributed by atoms with van der Waals surface area (Å²) in [5.74, 6) is 0.0276. The Morgan fingerprint density at radius 2 is 1.93 bits per heavy atom. The standard InChI is InChI=1S/C20H23ClN2O4S/c1-13-4-6-15(7-5-13)14(2)22-20(24)19-10-11-23(28(3,25)26)17-12-16(21)8-9-18(17)27-19/h4-9,12,14,19H,10-11H2,1-3H3,(H,22,24)/t14-,19-/m1/s1. The molecule has 28 heavy (non-hydrogen) atoms. The molecule has 1 aliphatic heterocycles. The monoisotopic (exact) mass is 422 g/mol. The molecule has 0 radical (unpaired) electrons. The minimum Gasteiger partial charge on any atom is -0.478 e. The van der Waals surface area contributed by atoms with Crippen LogP contribution < -0.4 is 14.4 Å². The molecule has 3 rings (SSSR count). The summed E-state index contributed by atoms with van der Waals surface area (Å²) in [5.41, 5.74) is 2.47. The summed E-state index contributed by atoms with van der Waals surface area (Å²) >= 11 is 6.04. The lowest BCUT2D eigenvalue weighted by atomic mass is 10.1. The molecule has 0 unspecified atom stereocenters. The van der Waals surface area contributed by atoms with Crippen molar-refractivity contribution in [3.05, 3.63) is 58.6 Å². The van der Waals surface area contributed by atoms with Crippen LogP contribution in [0.4, 0.5) is 5.69 Å². The molecule has 2 aromatic rings. The Morgan fingerprint density at radius 1 is 1.25 bits per heavy atom. The van der Waals surface area contributed by atoms with Crippen LogP contribution in [0, 0.1) is 6.92 Å². The summed E-state index contributed by atoms with van der Waals surface area (Å²) in [6.07, 6.45) is 0.545. The highest BCUT2D eigenvalue weighted by molar-refractivity contribution is 7.92. The molecule has 0 saturated heterocycles. The van der Waals surface area contributed by atoms with Crippen molar-refractivity contribution in [2.24, 2.45) is 0 Å². The smallest absolute Gasteiger partial charge is 0.261 e. The first-order valence-electron chi connectivity index (χ1n) is 8.96. The van der Waals surface area contributed by atoms with Crippen LogP contribution in [0.1, 0.15) is 30.5 Å². The van der Waals surface area contributed by atoms with E-state index in [-0.39, 0.29) is 24.9 Å². The predicted octanol–water partition coefficient (Wildman–Crippen LogP) is 3.44. The van der Waals surface area contributed by atoms with Gasteiger partial charge in [-0.25, -0.2) is 8.42 Å². The van der Waals surface area contributed by atoms with Crippen LogP contribution in [0.25, 0.3) is 0 Å². The van der Waals surface area contributed by atoms with Crippen molar-refractivity contribution in [2.45, 2.75) is 32.4 Å². The van der Waals surface area contributed by atoms with E-state index in [0.29, 0.717) is 16.5 Å². The molecule has 6 nitrogen and oxygen atoms in total. The summed E-state index contributed by atoms with van der Waals surface area (Å²) in [6, 6.07) is 12.5. The zero-order valence-corrected chi connectivity index (χ0v) is 17.5. The molecule has 2 aromatic carbocycles. The van der Waals surface area contributed by atoms with Gasteiger partial charge in [0, 0.05) is 18.0 Å². The third-order valence-electron chi connectivity index (χ3n) is 4.68. The quantitative estimate of drug-likeness (QED) is 0.818. The van der Waals surface area contributed by atoms with Crippen LogP contribution in [0.2, 0.25) is 5.02 Å². The van der Waals surface area contributed by atoms with Gasteiger partial charge in [0.1, 0.15) is 5.75 Å². The molecule has 2 atom stereocenters. The van der Waals surface area contributed by atoms with E-state index in [9.17, 15) is 13.2 Å². The fraction of sp³-hybridized carbons (Fsp3) is 0.350. The minimum atomic E-state index is -3.54. The maximum Gasteiger partial charge on any atom is 0.261 e. The number of carbonyl (C=O) groups is 1. The fourth-order valence-electron chi connectivity index (χ4n) is 3.13. The van der Waals surface area contributed by atoms with Gasteiger partial charge >= 0.3 is 0 Å². The van der Waals surface area contributed by atoms with Gasteiger partial charge in [-0.2, -0.15) is 0 Å². The van der Waals surface area contributed by atoms with Crippen LogP contribution in [-0.2, 0) is 14.8 Å². The molecule has 150 valence electrons. The van der Waals surface area contributed by atoms with E-state index in [0.717, 1.165) is 17.4 Å². The number of carbonyl (C=O) groups excluding carboxylic acids is 1. The van der Waals surface area contributed by atoms with Crippen molar-refractivity contribution in [1.29, 1.82) is 0 Å². The van der Waals surface area contributed by atoms with E-state index in [1.807, 2.05) is 38.1 Å². The van der Waals surface area contributed by atoms with Gasteiger partial charge in [0.25, 0.3) is 5.91 Å². The lowest BCUT2D eigenvalue weighted by molar-refractivity contribution is -0.128. The number of fused-ring (bicyclic) bond motifs is 1. The second-order valence-electron chi connectivity index (χ2n) is 6.98. The van der Waals surface area contributed by atoms with Crippen molar-refractivity contribution in [3.63, 3.8) is 0 Å². The number of amides is 1. The van der Waals surface area contributed by atoms with Crippen LogP contribution >= 0.6 is 11.6 Å². The number of hydrogen-bond donors (Lipinski definition) is 1. The van der Waals surface area contributed by atoms with Gasteiger partial charge in [-0.05, 0) is 37.6 Å². The largest absolute Gasteiger partial charge is 0.478 e. The number of rotatable bonds is 4. The number of nitrogens with zero attached hydrogens (tertiary/aromatic N) is 1. The molecule has 1 amide bonds. The van der Waals surface area contributed by atoms with Gasteiger partial charge in [0.05, 0.1) is 18.0 Å². The summed E-state index contributed by atoms with van der Waals surface area (Å²) in [4.78, 5) is 12.8. The number of aryl methyl sites for hydroxylation is 1. The fourth-order valence-corrected chi connectivity index (χ4v) is 4.23. The minimum absolute atomic E-state index is 0.128. The van der Waals surface area contributed by atoms with Crippen molar-refractivity contribution in [3.8, 4) is 5.75 Å². The van der Waals surface area contributed by atoms with E-state index < -0.39 is 16.1 Å². The Balaban J connectivity index is 1.81. The lowest BCUT2D eigenvalue weighted by Crippen LogP contribution is -2.40. The number of ether oxygens (including phenoxy) is 1. The Labute approximate surface area is 170 Å². The SMILES string of the molecule is Cc1ccc([C@@H](C)NC(=O)[C@H]2CCN(S(C)(=O)=O)c3cc(Cl)ccc3O2)cc1. The molecule has 1 N–H and O–H groups in total. The Morgan fingerprint density at radius 3 is 2.57 bits per heavy atom. The zero-order chi connectivity index (χ0) is 20.5. The van der Waals surface area contributed by atoms with Crippen LogP contribution in [0.3, 0.4) is 0 Å². The highest BCUT2D eigenvalue weighted by atomic mass is 35.5. The van der Waals surface area contributed by atoms with Gasteiger partial charge in [-0.1, -0.05) is 41.4 Å². The molecular formula is C20H23ClN2O4S. The summed E-state index contributed by atoms with van der Waals surface area (Å²) in [7, 11) is -3.54. The molecule has 0 bridgehead atoms. The highest BCUT2D eigenvalue weighted by Gasteiger charge is 2.31. The molecule has 0 spiro atoms. The Kier molecular flexibility index (Phi) is 5.86. The number of hydrogen-bond acceptors (Lipinski definition) is 4. The predicted molar refractivity (Wildman–Crippen MR) is 110 cm³/mol. The van der Waals surface area contributed by atoms with Crippen molar-refractivity contribution in [2.75, 3.05) is 17.1 Å². The molecule has 0 fully saturated rings. The Bertz CT molecular complexity index is 976.